The third-order valence-corrected chi connectivity index (χ3v) is 3.39. The number of rotatable bonds is 1. The average Bonchev–Trinajstić information content (AvgIpc) is 2.73. The number of hydrogen-bond acceptors (Lipinski definition) is 0. The first-order chi connectivity index (χ1) is 8.00. The zero-order chi connectivity index (χ0) is 13.1. The van der Waals surface area contributed by atoms with Crippen LogP contribution >= 0.6 is 0 Å². The van der Waals surface area contributed by atoms with Crippen molar-refractivity contribution in [1.29, 1.82) is 0 Å². The van der Waals surface area contributed by atoms with Crippen molar-refractivity contribution < 1.29 is 0 Å². The SMILES string of the molecule is CC.CC(c1c[nH]c2ccccc12)C(C)(C)C. The summed E-state index contributed by atoms with van der Waals surface area (Å²) in [5, 5.41) is 1.36. The Kier molecular flexibility index (Phi) is 4.39. The summed E-state index contributed by atoms with van der Waals surface area (Å²) in [4.78, 5) is 3.34. The maximum absolute atomic E-state index is 3.34. The van der Waals surface area contributed by atoms with Gasteiger partial charge in [-0.3, -0.25) is 0 Å². The maximum atomic E-state index is 3.34. The predicted octanol–water partition coefficient (Wildman–Crippen LogP) is 5.34. The number of aromatic nitrogens is 1. The van der Waals surface area contributed by atoms with Crippen molar-refractivity contribution in [2.45, 2.75) is 47.5 Å². The van der Waals surface area contributed by atoms with Crippen molar-refractivity contribution in [2.24, 2.45) is 5.41 Å². The van der Waals surface area contributed by atoms with Gasteiger partial charge in [-0.2, -0.15) is 0 Å². The summed E-state index contributed by atoms with van der Waals surface area (Å²) in [5.41, 5.74) is 2.98. The van der Waals surface area contributed by atoms with Crippen LogP contribution in [0.4, 0.5) is 0 Å². The molecule has 2 rings (SSSR count). The first-order valence-electron chi connectivity index (χ1n) is 6.56. The van der Waals surface area contributed by atoms with E-state index in [4.69, 9.17) is 0 Å². The molecule has 1 aromatic carbocycles. The molecule has 0 bridgehead atoms. The number of hydrogen-bond donors (Lipinski definition) is 1. The molecule has 0 radical (unpaired) electrons. The highest BCUT2D eigenvalue weighted by Crippen LogP contribution is 2.37. The third-order valence-electron chi connectivity index (χ3n) is 3.39. The Hall–Kier alpha value is -1.24. The van der Waals surface area contributed by atoms with Crippen molar-refractivity contribution in [3.63, 3.8) is 0 Å². The highest BCUT2D eigenvalue weighted by atomic mass is 14.7. The fourth-order valence-electron chi connectivity index (χ4n) is 1.92. The van der Waals surface area contributed by atoms with Crippen LogP contribution in [0.1, 0.15) is 53.0 Å². The zero-order valence-corrected chi connectivity index (χ0v) is 12.0. The van der Waals surface area contributed by atoms with Gasteiger partial charge in [0.1, 0.15) is 0 Å². The molecule has 1 N–H and O–H groups in total. The summed E-state index contributed by atoms with van der Waals surface area (Å²) in [6.07, 6.45) is 2.15. The van der Waals surface area contributed by atoms with Gasteiger partial charge in [0.2, 0.25) is 0 Å². The second-order valence-electron chi connectivity index (χ2n) is 5.38. The lowest BCUT2D eigenvalue weighted by Gasteiger charge is -2.27. The Bertz CT molecular complexity index is 460. The molecule has 2 aromatic rings. The fourth-order valence-corrected chi connectivity index (χ4v) is 1.92. The molecule has 1 aromatic heterocycles. The molecular formula is C16H25N. The molecule has 0 aliphatic rings. The number of benzene rings is 1. The number of nitrogens with one attached hydrogen (secondary N) is 1. The van der Waals surface area contributed by atoms with Gasteiger partial charge in [0.05, 0.1) is 0 Å². The zero-order valence-electron chi connectivity index (χ0n) is 12.0. The number of fused-ring (bicyclic) bond motifs is 1. The minimum Gasteiger partial charge on any atom is -0.361 e. The number of para-hydroxylation sites is 1. The van der Waals surface area contributed by atoms with Crippen LogP contribution in [0.2, 0.25) is 0 Å². The summed E-state index contributed by atoms with van der Waals surface area (Å²) in [5.74, 6) is 0.564. The van der Waals surface area contributed by atoms with E-state index < -0.39 is 0 Å². The second kappa shape index (κ2) is 5.39. The molecule has 17 heavy (non-hydrogen) atoms. The largest absolute Gasteiger partial charge is 0.361 e. The topological polar surface area (TPSA) is 15.8 Å². The summed E-state index contributed by atoms with van der Waals surface area (Å²) >= 11 is 0. The molecule has 0 aliphatic heterocycles. The van der Waals surface area contributed by atoms with E-state index >= 15 is 0 Å². The number of aromatic amines is 1. The van der Waals surface area contributed by atoms with Crippen LogP contribution in [0.3, 0.4) is 0 Å². The van der Waals surface area contributed by atoms with E-state index in [9.17, 15) is 0 Å². The van der Waals surface area contributed by atoms with E-state index in [-0.39, 0.29) is 0 Å². The minimum atomic E-state index is 0.310. The second-order valence-corrected chi connectivity index (χ2v) is 5.38. The van der Waals surface area contributed by atoms with E-state index in [0.29, 0.717) is 11.3 Å². The van der Waals surface area contributed by atoms with Gasteiger partial charge in [0.25, 0.3) is 0 Å². The van der Waals surface area contributed by atoms with Crippen LogP contribution in [-0.4, -0.2) is 4.98 Å². The molecule has 0 aliphatic carbocycles. The Morgan fingerprint density at radius 1 is 1.06 bits per heavy atom. The van der Waals surface area contributed by atoms with Crippen LogP contribution in [0.25, 0.3) is 10.9 Å². The lowest BCUT2D eigenvalue weighted by atomic mass is 9.78. The standard InChI is InChI=1S/C14H19N.C2H6/c1-10(14(2,3)4)12-9-15-13-8-6-5-7-11(12)13;1-2/h5-10,15H,1-4H3;1-2H3. The van der Waals surface area contributed by atoms with Gasteiger partial charge in [-0.05, 0) is 23.0 Å². The van der Waals surface area contributed by atoms with Crippen molar-refractivity contribution in [1.82, 2.24) is 4.98 Å². The third kappa shape index (κ3) is 2.91. The van der Waals surface area contributed by atoms with Gasteiger partial charge in [0, 0.05) is 17.1 Å². The smallest absolute Gasteiger partial charge is 0.0456 e. The molecule has 0 spiro atoms. The first kappa shape index (κ1) is 13.8. The van der Waals surface area contributed by atoms with E-state index in [2.05, 4.69) is 63.1 Å². The van der Waals surface area contributed by atoms with E-state index in [1.165, 1.54) is 16.5 Å². The molecule has 1 unspecified atom stereocenters. The highest BCUT2D eigenvalue weighted by Gasteiger charge is 2.23. The lowest BCUT2D eigenvalue weighted by molar-refractivity contribution is 0.341. The van der Waals surface area contributed by atoms with Crippen LogP contribution in [0, 0.1) is 5.41 Å². The van der Waals surface area contributed by atoms with Crippen LogP contribution in [-0.2, 0) is 0 Å². The van der Waals surface area contributed by atoms with Gasteiger partial charge >= 0.3 is 0 Å². The Morgan fingerprint density at radius 2 is 1.65 bits per heavy atom. The van der Waals surface area contributed by atoms with E-state index in [1.807, 2.05) is 13.8 Å². The van der Waals surface area contributed by atoms with Gasteiger partial charge in [0.15, 0.2) is 0 Å². The van der Waals surface area contributed by atoms with Gasteiger partial charge in [-0.25, -0.2) is 0 Å². The van der Waals surface area contributed by atoms with Crippen molar-refractivity contribution >= 4 is 10.9 Å². The number of H-pyrrole nitrogens is 1. The first-order valence-corrected chi connectivity index (χ1v) is 6.56. The average molecular weight is 231 g/mol. The molecule has 0 saturated carbocycles. The molecule has 1 heterocycles. The van der Waals surface area contributed by atoms with Crippen LogP contribution in [0.5, 0.6) is 0 Å². The quantitative estimate of drug-likeness (QED) is 0.681. The molecule has 1 atom stereocenters. The Balaban J connectivity index is 0.000000686. The molecule has 1 nitrogen and oxygen atoms in total. The molecule has 0 saturated heterocycles. The van der Waals surface area contributed by atoms with Crippen LogP contribution in [0.15, 0.2) is 30.5 Å². The summed E-state index contributed by atoms with van der Waals surface area (Å²) < 4.78 is 0. The van der Waals surface area contributed by atoms with Crippen molar-refractivity contribution in [2.75, 3.05) is 0 Å². The molecule has 0 amide bonds. The van der Waals surface area contributed by atoms with Crippen LogP contribution < -0.4 is 0 Å². The van der Waals surface area contributed by atoms with E-state index in [1.54, 1.807) is 0 Å². The van der Waals surface area contributed by atoms with E-state index in [0.717, 1.165) is 0 Å². The summed E-state index contributed by atoms with van der Waals surface area (Å²) in [7, 11) is 0. The van der Waals surface area contributed by atoms with Gasteiger partial charge in [-0.15, -0.1) is 0 Å². The summed E-state index contributed by atoms with van der Waals surface area (Å²) in [6, 6.07) is 8.51. The lowest BCUT2D eigenvalue weighted by Crippen LogP contribution is -2.14. The minimum absolute atomic E-state index is 0.310. The van der Waals surface area contributed by atoms with Crippen molar-refractivity contribution in [3.8, 4) is 0 Å². The normalized spacial score (nSPS) is 13.1. The Labute approximate surface area is 105 Å². The maximum Gasteiger partial charge on any atom is 0.0456 e. The highest BCUT2D eigenvalue weighted by molar-refractivity contribution is 5.83. The summed E-state index contributed by atoms with van der Waals surface area (Å²) in [6.45, 7) is 13.2. The monoisotopic (exact) mass is 231 g/mol. The van der Waals surface area contributed by atoms with Gasteiger partial charge in [-0.1, -0.05) is 59.7 Å². The predicted molar refractivity (Wildman–Crippen MR) is 77.5 cm³/mol. The van der Waals surface area contributed by atoms with Gasteiger partial charge < -0.3 is 4.98 Å². The molecule has 0 fully saturated rings. The van der Waals surface area contributed by atoms with Crippen molar-refractivity contribution in [3.05, 3.63) is 36.0 Å². The molecular weight excluding hydrogens is 206 g/mol. The molecule has 1 heteroatoms. The Morgan fingerprint density at radius 3 is 2.24 bits per heavy atom. The molecule has 94 valence electrons. The fraction of sp³-hybridized carbons (Fsp3) is 0.500.